The van der Waals surface area contributed by atoms with Gasteiger partial charge >= 0.3 is 0 Å². The van der Waals surface area contributed by atoms with E-state index in [1.54, 1.807) is 14.2 Å². The Morgan fingerprint density at radius 3 is 2.38 bits per heavy atom. The van der Waals surface area contributed by atoms with Gasteiger partial charge in [-0.2, -0.15) is 0 Å². The monoisotopic (exact) mass is 224 g/mol. The number of aryl methyl sites for hydroxylation is 1. The maximum atomic E-state index is 5.51. The van der Waals surface area contributed by atoms with Crippen molar-refractivity contribution in [2.45, 2.75) is 25.7 Å². The lowest BCUT2D eigenvalue weighted by Gasteiger charge is -2.24. The van der Waals surface area contributed by atoms with E-state index in [0.29, 0.717) is 0 Å². The van der Waals surface area contributed by atoms with E-state index in [-0.39, 0.29) is 12.3 Å². The minimum atomic E-state index is -0.343. The molecule has 0 radical (unpaired) electrons. The molecular weight excluding hydrogens is 204 g/mol. The molecule has 0 saturated carbocycles. The molecular formula is C12H20N2O2. The van der Waals surface area contributed by atoms with Gasteiger partial charge in [0.2, 0.25) is 0 Å². The van der Waals surface area contributed by atoms with Gasteiger partial charge < -0.3 is 9.47 Å². The molecule has 0 amide bonds. The molecule has 1 rings (SSSR count). The van der Waals surface area contributed by atoms with Gasteiger partial charge in [0.15, 0.2) is 6.29 Å². The summed E-state index contributed by atoms with van der Waals surface area (Å²) in [6, 6.07) is 8.15. The van der Waals surface area contributed by atoms with Crippen molar-refractivity contribution in [2.75, 3.05) is 14.2 Å². The fourth-order valence-corrected chi connectivity index (χ4v) is 1.73. The summed E-state index contributed by atoms with van der Waals surface area (Å²) in [5.74, 6) is 5.51. The zero-order chi connectivity index (χ0) is 12.0. The Balaban J connectivity index is 2.73. The quantitative estimate of drug-likeness (QED) is 0.430. The molecule has 0 aliphatic heterocycles. The van der Waals surface area contributed by atoms with Gasteiger partial charge in [0.25, 0.3) is 0 Å². The SMILES string of the molecule is COC(OC)C(Cc1ccccc1C)NN. The Morgan fingerprint density at radius 2 is 1.88 bits per heavy atom. The van der Waals surface area contributed by atoms with Crippen LogP contribution in [-0.4, -0.2) is 26.6 Å². The largest absolute Gasteiger partial charge is 0.354 e. The second-order valence-corrected chi connectivity index (χ2v) is 3.74. The first-order valence-electron chi connectivity index (χ1n) is 5.29. The lowest BCUT2D eigenvalue weighted by molar-refractivity contribution is -0.122. The highest BCUT2D eigenvalue weighted by molar-refractivity contribution is 5.26. The summed E-state index contributed by atoms with van der Waals surface area (Å²) in [5, 5.41) is 0. The molecule has 0 bridgehead atoms. The summed E-state index contributed by atoms with van der Waals surface area (Å²) >= 11 is 0. The highest BCUT2D eigenvalue weighted by atomic mass is 16.7. The molecule has 1 aromatic carbocycles. The minimum absolute atomic E-state index is 0.0592. The van der Waals surface area contributed by atoms with Gasteiger partial charge in [0.05, 0.1) is 6.04 Å². The number of methoxy groups -OCH3 is 2. The summed E-state index contributed by atoms with van der Waals surface area (Å²) in [4.78, 5) is 0. The fourth-order valence-electron chi connectivity index (χ4n) is 1.73. The molecule has 0 fully saturated rings. The molecule has 0 aromatic heterocycles. The average molecular weight is 224 g/mol. The smallest absolute Gasteiger partial charge is 0.173 e. The van der Waals surface area contributed by atoms with Crippen molar-refractivity contribution in [1.29, 1.82) is 0 Å². The molecule has 0 spiro atoms. The van der Waals surface area contributed by atoms with Crippen LogP contribution in [0.15, 0.2) is 24.3 Å². The third-order valence-electron chi connectivity index (χ3n) is 2.71. The van der Waals surface area contributed by atoms with E-state index in [2.05, 4.69) is 24.5 Å². The van der Waals surface area contributed by atoms with E-state index >= 15 is 0 Å². The van der Waals surface area contributed by atoms with Crippen LogP contribution in [-0.2, 0) is 15.9 Å². The lowest BCUT2D eigenvalue weighted by Crippen LogP contribution is -2.47. The second kappa shape index (κ2) is 6.60. The molecule has 0 aliphatic carbocycles. The summed E-state index contributed by atoms with van der Waals surface area (Å²) < 4.78 is 10.4. The van der Waals surface area contributed by atoms with Gasteiger partial charge in [-0.15, -0.1) is 0 Å². The Morgan fingerprint density at radius 1 is 1.25 bits per heavy atom. The Labute approximate surface area is 96.7 Å². The molecule has 1 unspecified atom stereocenters. The van der Waals surface area contributed by atoms with Gasteiger partial charge in [-0.05, 0) is 24.5 Å². The molecule has 0 saturated heterocycles. The number of hydrogen-bond acceptors (Lipinski definition) is 4. The summed E-state index contributed by atoms with van der Waals surface area (Å²) in [7, 11) is 3.21. The number of benzene rings is 1. The summed E-state index contributed by atoms with van der Waals surface area (Å²) in [5.41, 5.74) is 5.21. The van der Waals surface area contributed by atoms with Gasteiger partial charge in [0.1, 0.15) is 0 Å². The number of ether oxygens (including phenoxy) is 2. The van der Waals surface area contributed by atoms with E-state index < -0.39 is 0 Å². The van der Waals surface area contributed by atoms with Gasteiger partial charge in [-0.3, -0.25) is 11.3 Å². The molecule has 3 N–H and O–H groups in total. The topological polar surface area (TPSA) is 56.5 Å². The van der Waals surface area contributed by atoms with Crippen molar-refractivity contribution in [3.05, 3.63) is 35.4 Å². The Hall–Kier alpha value is -0.940. The van der Waals surface area contributed by atoms with Crippen LogP contribution in [0.3, 0.4) is 0 Å². The van der Waals surface area contributed by atoms with Crippen molar-refractivity contribution in [2.24, 2.45) is 5.84 Å². The van der Waals surface area contributed by atoms with E-state index in [1.165, 1.54) is 11.1 Å². The first kappa shape index (κ1) is 13.1. The van der Waals surface area contributed by atoms with E-state index in [0.717, 1.165) is 6.42 Å². The number of rotatable bonds is 6. The van der Waals surface area contributed by atoms with Crippen molar-refractivity contribution in [1.82, 2.24) is 5.43 Å². The second-order valence-electron chi connectivity index (χ2n) is 3.74. The van der Waals surface area contributed by atoms with Crippen molar-refractivity contribution in [3.8, 4) is 0 Å². The van der Waals surface area contributed by atoms with Crippen LogP contribution < -0.4 is 11.3 Å². The van der Waals surface area contributed by atoms with Crippen LogP contribution in [0.5, 0.6) is 0 Å². The third kappa shape index (κ3) is 3.28. The summed E-state index contributed by atoms with van der Waals surface area (Å²) in [6.07, 6.45) is 0.430. The van der Waals surface area contributed by atoms with Gasteiger partial charge in [-0.25, -0.2) is 0 Å². The molecule has 90 valence electrons. The molecule has 0 heterocycles. The summed E-state index contributed by atoms with van der Waals surface area (Å²) in [6.45, 7) is 2.08. The maximum Gasteiger partial charge on any atom is 0.173 e. The van der Waals surface area contributed by atoms with E-state index in [1.807, 2.05) is 12.1 Å². The normalized spacial score (nSPS) is 13.1. The zero-order valence-corrected chi connectivity index (χ0v) is 10.1. The van der Waals surface area contributed by atoms with Gasteiger partial charge in [-0.1, -0.05) is 24.3 Å². The molecule has 16 heavy (non-hydrogen) atoms. The standard InChI is InChI=1S/C12H20N2O2/c1-9-6-4-5-7-10(9)8-11(14-13)12(15-2)16-3/h4-7,11-12,14H,8,13H2,1-3H3. The molecule has 4 heteroatoms. The Bertz CT molecular complexity index is 314. The number of nitrogens with one attached hydrogen (secondary N) is 1. The van der Waals surface area contributed by atoms with E-state index in [9.17, 15) is 0 Å². The Kier molecular flexibility index (Phi) is 5.42. The van der Waals surface area contributed by atoms with Crippen LogP contribution in [0.2, 0.25) is 0 Å². The van der Waals surface area contributed by atoms with Crippen molar-refractivity contribution in [3.63, 3.8) is 0 Å². The molecule has 0 aliphatic rings. The average Bonchev–Trinajstić information content (AvgIpc) is 2.31. The van der Waals surface area contributed by atoms with Crippen LogP contribution >= 0.6 is 0 Å². The molecule has 4 nitrogen and oxygen atoms in total. The lowest BCUT2D eigenvalue weighted by atomic mass is 10.0. The van der Waals surface area contributed by atoms with Crippen LogP contribution in [0, 0.1) is 6.92 Å². The first-order chi connectivity index (χ1) is 7.72. The van der Waals surface area contributed by atoms with Crippen molar-refractivity contribution >= 4 is 0 Å². The highest BCUT2D eigenvalue weighted by Gasteiger charge is 2.20. The van der Waals surface area contributed by atoms with Crippen LogP contribution in [0.1, 0.15) is 11.1 Å². The predicted molar refractivity (Wildman–Crippen MR) is 63.8 cm³/mol. The number of hydrogen-bond donors (Lipinski definition) is 2. The predicted octanol–water partition coefficient (Wildman–Crippen LogP) is 0.988. The molecule has 1 atom stereocenters. The zero-order valence-electron chi connectivity index (χ0n) is 10.1. The highest BCUT2D eigenvalue weighted by Crippen LogP contribution is 2.12. The number of nitrogens with two attached hydrogens (primary N) is 1. The first-order valence-corrected chi connectivity index (χ1v) is 5.29. The number of hydrazine groups is 1. The fraction of sp³-hybridized carbons (Fsp3) is 0.500. The minimum Gasteiger partial charge on any atom is -0.354 e. The maximum absolute atomic E-state index is 5.51. The molecule has 1 aromatic rings. The van der Waals surface area contributed by atoms with Gasteiger partial charge in [0, 0.05) is 14.2 Å². The van der Waals surface area contributed by atoms with Crippen LogP contribution in [0.4, 0.5) is 0 Å². The van der Waals surface area contributed by atoms with Crippen LogP contribution in [0.25, 0.3) is 0 Å². The van der Waals surface area contributed by atoms with E-state index in [4.69, 9.17) is 15.3 Å². The third-order valence-corrected chi connectivity index (χ3v) is 2.71. The van der Waals surface area contributed by atoms with Crippen molar-refractivity contribution < 1.29 is 9.47 Å².